The topological polar surface area (TPSA) is 62.0 Å². The predicted octanol–water partition coefficient (Wildman–Crippen LogP) is 3.00. The van der Waals surface area contributed by atoms with Gasteiger partial charge in [0.15, 0.2) is 5.96 Å². The highest BCUT2D eigenvalue weighted by Gasteiger charge is 2.16. The van der Waals surface area contributed by atoms with Crippen molar-refractivity contribution in [3.05, 3.63) is 53.5 Å². The Balaban J connectivity index is 1.95. The van der Waals surface area contributed by atoms with Gasteiger partial charge in [-0.2, -0.15) is 0 Å². The average Bonchev–Trinajstić information content (AvgIpc) is 3.17. The highest BCUT2D eigenvalue weighted by atomic mass is 16.5. The molecule has 2 aromatic rings. The van der Waals surface area contributed by atoms with Crippen molar-refractivity contribution in [3.8, 4) is 5.75 Å². The first-order valence-corrected chi connectivity index (χ1v) is 9.40. The van der Waals surface area contributed by atoms with Gasteiger partial charge in [0.2, 0.25) is 0 Å². The summed E-state index contributed by atoms with van der Waals surface area (Å²) in [6.07, 6.45) is 2.60. The first kappa shape index (κ1) is 20.8. The molecule has 6 nitrogen and oxygen atoms in total. The largest absolute Gasteiger partial charge is 0.496 e. The number of aryl methyl sites for hydroxylation is 1. The molecule has 0 aliphatic rings. The van der Waals surface area contributed by atoms with Gasteiger partial charge in [-0.15, -0.1) is 0 Å². The lowest BCUT2D eigenvalue weighted by molar-refractivity contribution is 0.265. The summed E-state index contributed by atoms with van der Waals surface area (Å²) in [4.78, 5) is 6.85. The van der Waals surface area contributed by atoms with Crippen LogP contribution >= 0.6 is 0 Å². The van der Waals surface area contributed by atoms with Gasteiger partial charge in [-0.05, 0) is 63.7 Å². The molecule has 2 N–H and O–H groups in total. The lowest BCUT2D eigenvalue weighted by atomic mass is 10.1. The molecule has 6 heteroatoms. The van der Waals surface area contributed by atoms with Gasteiger partial charge in [-0.25, -0.2) is 0 Å². The molecule has 0 amide bonds. The number of methoxy groups -OCH3 is 1. The summed E-state index contributed by atoms with van der Waals surface area (Å²) in [5, 5.41) is 6.71. The Morgan fingerprint density at radius 3 is 2.70 bits per heavy atom. The lowest BCUT2D eigenvalue weighted by Gasteiger charge is -2.21. The average molecular weight is 373 g/mol. The number of benzene rings is 1. The van der Waals surface area contributed by atoms with Crippen LogP contribution in [0.3, 0.4) is 0 Å². The second-order valence-electron chi connectivity index (χ2n) is 6.70. The minimum Gasteiger partial charge on any atom is -0.496 e. The van der Waals surface area contributed by atoms with E-state index in [1.165, 1.54) is 5.56 Å². The van der Waals surface area contributed by atoms with Crippen LogP contribution in [0.25, 0.3) is 0 Å². The summed E-state index contributed by atoms with van der Waals surface area (Å²) in [6, 6.07) is 10.3. The third-order valence-corrected chi connectivity index (χ3v) is 4.44. The number of aliphatic imine (C=N–C) groups is 1. The molecule has 1 aromatic carbocycles. The fraction of sp³-hybridized carbons (Fsp3) is 0.476. The summed E-state index contributed by atoms with van der Waals surface area (Å²) >= 11 is 0. The molecule has 0 radical (unpaired) electrons. The summed E-state index contributed by atoms with van der Waals surface area (Å²) < 4.78 is 11.0. The Bertz CT molecular complexity index is 711. The molecule has 0 fully saturated rings. The molecule has 0 saturated carbocycles. The van der Waals surface area contributed by atoms with Crippen molar-refractivity contribution in [1.82, 2.24) is 15.5 Å². The predicted molar refractivity (Wildman–Crippen MR) is 111 cm³/mol. The van der Waals surface area contributed by atoms with E-state index in [1.807, 2.05) is 26.2 Å². The van der Waals surface area contributed by atoms with Crippen LogP contribution < -0.4 is 15.4 Å². The minimum atomic E-state index is 0.108. The van der Waals surface area contributed by atoms with Crippen molar-refractivity contribution in [3.63, 3.8) is 0 Å². The smallest absolute Gasteiger partial charge is 0.191 e. The number of hydrogen-bond acceptors (Lipinski definition) is 4. The van der Waals surface area contributed by atoms with Crippen molar-refractivity contribution in [1.29, 1.82) is 0 Å². The van der Waals surface area contributed by atoms with Crippen LogP contribution in [-0.2, 0) is 6.42 Å². The SMILES string of the molecule is CCNC(=NCC(c1ccco1)N(C)C)NCCc1ccc(C)c(OC)c1. The van der Waals surface area contributed by atoms with Crippen LogP contribution in [0, 0.1) is 6.92 Å². The molecule has 1 atom stereocenters. The second kappa shape index (κ2) is 10.6. The van der Waals surface area contributed by atoms with Crippen LogP contribution in [0.5, 0.6) is 5.75 Å². The van der Waals surface area contributed by atoms with Gasteiger partial charge in [0, 0.05) is 13.1 Å². The fourth-order valence-electron chi connectivity index (χ4n) is 2.85. The molecular weight excluding hydrogens is 340 g/mol. The molecule has 0 spiro atoms. The van der Waals surface area contributed by atoms with Crippen molar-refractivity contribution in [2.24, 2.45) is 4.99 Å². The molecule has 0 bridgehead atoms. The monoisotopic (exact) mass is 372 g/mol. The summed E-state index contributed by atoms with van der Waals surface area (Å²) in [5.41, 5.74) is 2.39. The molecule has 1 unspecified atom stereocenters. The molecule has 148 valence electrons. The zero-order valence-electron chi connectivity index (χ0n) is 17.1. The van der Waals surface area contributed by atoms with E-state index in [4.69, 9.17) is 14.1 Å². The number of hydrogen-bond donors (Lipinski definition) is 2. The highest BCUT2D eigenvalue weighted by Crippen LogP contribution is 2.19. The first-order valence-electron chi connectivity index (χ1n) is 9.40. The Kier molecular flexibility index (Phi) is 8.20. The van der Waals surface area contributed by atoms with Crippen molar-refractivity contribution >= 4 is 5.96 Å². The fourth-order valence-corrected chi connectivity index (χ4v) is 2.85. The standard InChI is InChI=1S/C21H32N4O2/c1-6-22-21(24-15-18(25(3)4)19-8-7-13-27-19)23-12-11-17-10-9-16(2)20(14-17)26-5/h7-10,13-14,18H,6,11-12,15H2,1-5H3,(H2,22,23,24). The molecular formula is C21H32N4O2. The van der Waals surface area contributed by atoms with E-state index in [1.54, 1.807) is 13.4 Å². The maximum Gasteiger partial charge on any atom is 0.191 e. The van der Waals surface area contributed by atoms with Crippen LogP contribution in [-0.4, -0.2) is 51.7 Å². The highest BCUT2D eigenvalue weighted by molar-refractivity contribution is 5.79. The molecule has 2 rings (SSSR count). The Hall–Kier alpha value is -2.47. The van der Waals surface area contributed by atoms with Gasteiger partial charge in [0.05, 0.1) is 26.0 Å². The molecule has 1 aromatic heterocycles. The Labute approximate surface area is 162 Å². The van der Waals surface area contributed by atoms with E-state index >= 15 is 0 Å². The van der Waals surface area contributed by atoms with Gasteiger partial charge < -0.3 is 19.8 Å². The Morgan fingerprint density at radius 2 is 2.07 bits per heavy atom. The van der Waals surface area contributed by atoms with E-state index in [-0.39, 0.29) is 6.04 Å². The second-order valence-corrected chi connectivity index (χ2v) is 6.70. The van der Waals surface area contributed by atoms with Crippen molar-refractivity contribution in [2.75, 3.05) is 40.8 Å². The van der Waals surface area contributed by atoms with E-state index in [0.29, 0.717) is 6.54 Å². The lowest BCUT2D eigenvalue weighted by Crippen LogP contribution is -2.39. The van der Waals surface area contributed by atoms with Gasteiger partial charge >= 0.3 is 0 Å². The molecule has 0 aliphatic carbocycles. The molecule has 0 saturated heterocycles. The van der Waals surface area contributed by atoms with E-state index in [0.717, 1.165) is 42.5 Å². The molecule has 0 aliphatic heterocycles. The Morgan fingerprint density at radius 1 is 1.26 bits per heavy atom. The number of rotatable bonds is 9. The number of nitrogens with zero attached hydrogens (tertiary/aromatic N) is 2. The maximum absolute atomic E-state index is 5.56. The number of nitrogens with one attached hydrogen (secondary N) is 2. The van der Waals surface area contributed by atoms with Gasteiger partial charge in [-0.3, -0.25) is 9.89 Å². The van der Waals surface area contributed by atoms with Crippen LogP contribution in [0.2, 0.25) is 0 Å². The summed E-state index contributed by atoms with van der Waals surface area (Å²) in [6.45, 7) is 6.35. The third kappa shape index (κ3) is 6.32. The number of ether oxygens (including phenoxy) is 1. The normalized spacial score (nSPS) is 12.9. The minimum absolute atomic E-state index is 0.108. The number of guanidine groups is 1. The maximum atomic E-state index is 5.56. The van der Waals surface area contributed by atoms with Crippen molar-refractivity contribution < 1.29 is 9.15 Å². The molecule has 27 heavy (non-hydrogen) atoms. The van der Waals surface area contributed by atoms with Crippen LogP contribution in [0.4, 0.5) is 0 Å². The van der Waals surface area contributed by atoms with E-state index < -0.39 is 0 Å². The van der Waals surface area contributed by atoms with Gasteiger partial charge in [0.1, 0.15) is 11.5 Å². The van der Waals surface area contributed by atoms with Gasteiger partial charge in [0.25, 0.3) is 0 Å². The number of furan rings is 1. The summed E-state index contributed by atoms with van der Waals surface area (Å²) in [5.74, 6) is 2.67. The van der Waals surface area contributed by atoms with E-state index in [9.17, 15) is 0 Å². The van der Waals surface area contributed by atoms with Crippen LogP contribution in [0.1, 0.15) is 29.9 Å². The zero-order chi connectivity index (χ0) is 19.6. The number of likely N-dealkylation sites (N-methyl/N-ethyl adjacent to an activating group) is 1. The van der Waals surface area contributed by atoms with E-state index in [2.05, 4.69) is 47.6 Å². The quantitative estimate of drug-likeness (QED) is 0.523. The zero-order valence-corrected chi connectivity index (χ0v) is 17.1. The summed E-state index contributed by atoms with van der Waals surface area (Å²) in [7, 11) is 5.78. The van der Waals surface area contributed by atoms with Gasteiger partial charge in [-0.1, -0.05) is 12.1 Å². The van der Waals surface area contributed by atoms with Crippen LogP contribution in [0.15, 0.2) is 46.0 Å². The molecule has 1 heterocycles. The van der Waals surface area contributed by atoms with Crippen molar-refractivity contribution in [2.45, 2.75) is 26.3 Å². The third-order valence-electron chi connectivity index (χ3n) is 4.44. The first-order chi connectivity index (χ1) is 13.0.